The summed E-state index contributed by atoms with van der Waals surface area (Å²) in [5.41, 5.74) is 0.329. The lowest BCUT2D eigenvalue weighted by Gasteiger charge is -2.32. The fourth-order valence-electron chi connectivity index (χ4n) is 3.79. The van der Waals surface area contributed by atoms with Gasteiger partial charge in [-0.15, -0.1) is 0 Å². The van der Waals surface area contributed by atoms with Crippen molar-refractivity contribution in [2.45, 2.75) is 44.5 Å². The van der Waals surface area contributed by atoms with E-state index in [1.807, 2.05) is 19.1 Å². The van der Waals surface area contributed by atoms with Crippen LogP contribution in [0.2, 0.25) is 0 Å². The molecule has 3 atom stereocenters. The highest BCUT2D eigenvalue weighted by Gasteiger charge is 2.44. The van der Waals surface area contributed by atoms with E-state index < -0.39 is 0 Å². The molecule has 7 heteroatoms. The molecule has 0 spiro atoms. The minimum absolute atomic E-state index is 0.00503. The fraction of sp³-hybridized carbons (Fsp3) is 0.500. The summed E-state index contributed by atoms with van der Waals surface area (Å²) in [4.78, 5) is 22.8. The molecule has 1 N–H and O–H groups in total. The first-order valence-electron chi connectivity index (χ1n) is 8.68. The number of carbonyl (C=O) groups excluding carboxylic acids is 1. The van der Waals surface area contributed by atoms with Gasteiger partial charge in [-0.1, -0.05) is 0 Å². The molecule has 132 valence electrons. The number of nitrogens with zero attached hydrogens (tertiary/aromatic N) is 3. The van der Waals surface area contributed by atoms with Gasteiger partial charge < -0.3 is 14.5 Å². The van der Waals surface area contributed by atoms with Crippen LogP contribution in [0.4, 0.5) is 0 Å². The van der Waals surface area contributed by atoms with E-state index in [-0.39, 0.29) is 18.1 Å². The Bertz CT molecular complexity index is 733. The average Bonchev–Trinajstić information content (AvgIpc) is 3.20. The highest BCUT2D eigenvalue weighted by Crippen LogP contribution is 2.30. The first kappa shape index (κ1) is 16.2. The molecular formula is C18H22N4O3. The molecule has 0 aliphatic carbocycles. The molecule has 2 aromatic rings. The first-order chi connectivity index (χ1) is 12.2. The molecule has 0 bridgehead atoms. The van der Waals surface area contributed by atoms with Crippen LogP contribution in [-0.2, 0) is 11.3 Å². The van der Waals surface area contributed by atoms with Crippen molar-refractivity contribution < 1.29 is 13.9 Å². The number of nitrogens with one attached hydrogen (secondary N) is 1. The molecule has 1 amide bonds. The minimum atomic E-state index is -0.207. The van der Waals surface area contributed by atoms with Gasteiger partial charge in [0.15, 0.2) is 0 Å². The van der Waals surface area contributed by atoms with Gasteiger partial charge >= 0.3 is 0 Å². The van der Waals surface area contributed by atoms with E-state index in [1.54, 1.807) is 6.20 Å². The maximum Gasteiger partial charge on any atom is 0.271 e. The van der Waals surface area contributed by atoms with E-state index in [0.29, 0.717) is 11.7 Å². The SMILES string of the molecule is Cc1ccc(CN2C[C@@H](NC(=O)c3cnccn3)[C@H]3OCCC[C@H]32)o1. The van der Waals surface area contributed by atoms with E-state index >= 15 is 0 Å². The van der Waals surface area contributed by atoms with Crippen LogP contribution in [0.25, 0.3) is 0 Å². The molecule has 2 aliphatic heterocycles. The Hall–Kier alpha value is -2.25. The second-order valence-electron chi connectivity index (χ2n) is 6.66. The minimum Gasteiger partial charge on any atom is -0.465 e. The number of hydrogen-bond donors (Lipinski definition) is 1. The summed E-state index contributed by atoms with van der Waals surface area (Å²) in [6.45, 7) is 4.16. The Balaban J connectivity index is 1.47. The highest BCUT2D eigenvalue weighted by atomic mass is 16.5. The molecule has 0 unspecified atom stereocenters. The predicted molar refractivity (Wildman–Crippen MR) is 89.9 cm³/mol. The lowest BCUT2D eigenvalue weighted by atomic mass is 10.0. The third kappa shape index (κ3) is 3.43. The van der Waals surface area contributed by atoms with Crippen molar-refractivity contribution in [1.29, 1.82) is 0 Å². The van der Waals surface area contributed by atoms with E-state index in [2.05, 4.69) is 20.2 Å². The van der Waals surface area contributed by atoms with E-state index in [9.17, 15) is 4.79 Å². The zero-order valence-electron chi connectivity index (χ0n) is 14.2. The van der Waals surface area contributed by atoms with Crippen LogP contribution in [-0.4, -0.2) is 52.1 Å². The Morgan fingerprint density at radius 3 is 3.08 bits per heavy atom. The molecule has 0 aromatic carbocycles. The number of aryl methyl sites for hydroxylation is 1. The van der Waals surface area contributed by atoms with Crippen LogP contribution < -0.4 is 5.32 Å². The molecule has 0 radical (unpaired) electrons. The maximum atomic E-state index is 12.4. The Morgan fingerprint density at radius 1 is 1.40 bits per heavy atom. The molecule has 25 heavy (non-hydrogen) atoms. The summed E-state index contributed by atoms with van der Waals surface area (Å²) in [7, 11) is 0. The number of ether oxygens (including phenoxy) is 1. The van der Waals surface area contributed by atoms with Gasteiger partial charge in [0.25, 0.3) is 5.91 Å². The van der Waals surface area contributed by atoms with Crippen molar-refractivity contribution in [2.24, 2.45) is 0 Å². The van der Waals surface area contributed by atoms with Gasteiger partial charge in [0.2, 0.25) is 0 Å². The van der Waals surface area contributed by atoms with Crippen molar-refractivity contribution >= 4 is 5.91 Å². The number of fused-ring (bicyclic) bond motifs is 1. The van der Waals surface area contributed by atoms with Gasteiger partial charge in [-0.25, -0.2) is 4.98 Å². The van der Waals surface area contributed by atoms with Crippen molar-refractivity contribution in [3.05, 3.63) is 47.9 Å². The third-order valence-corrected chi connectivity index (χ3v) is 4.90. The number of rotatable bonds is 4. The van der Waals surface area contributed by atoms with Gasteiger partial charge in [-0.05, 0) is 31.9 Å². The van der Waals surface area contributed by atoms with Gasteiger partial charge in [0, 0.05) is 31.6 Å². The zero-order chi connectivity index (χ0) is 17.2. The fourth-order valence-corrected chi connectivity index (χ4v) is 3.79. The number of furan rings is 1. The van der Waals surface area contributed by atoms with E-state index in [1.165, 1.54) is 12.4 Å². The molecule has 2 aromatic heterocycles. The number of amides is 1. The molecule has 4 rings (SSSR count). The Labute approximate surface area is 146 Å². The monoisotopic (exact) mass is 342 g/mol. The molecule has 2 aliphatic rings. The normalized spacial score (nSPS) is 26.4. The topological polar surface area (TPSA) is 80.5 Å². The second kappa shape index (κ2) is 6.93. The first-order valence-corrected chi connectivity index (χ1v) is 8.68. The summed E-state index contributed by atoms with van der Waals surface area (Å²) in [6.07, 6.45) is 6.67. The van der Waals surface area contributed by atoms with Crippen LogP contribution in [0.5, 0.6) is 0 Å². The van der Waals surface area contributed by atoms with Gasteiger partial charge in [-0.3, -0.25) is 14.7 Å². The Kier molecular flexibility index (Phi) is 4.50. The van der Waals surface area contributed by atoms with Crippen LogP contribution >= 0.6 is 0 Å². The average molecular weight is 342 g/mol. The molecular weight excluding hydrogens is 320 g/mol. The number of likely N-dealkylation sites (tertiary alicyclic amines) is 1. The summed E-state index contributed by atoms with van der Waals surface area (Å²) >= 11 is 0. The summed E-state index contributed by atoms with van der Waals surface area (Å²) in [6, 6.07) is 4.23. The van der Waals surface area contributed by atoms with Crippen molar-refractivity contribution in [3.63, 3.8) is 0 Å². The quantitative estimate of drug-likeness (QED) is 0.908. The summed E-state index contributed by atoms with van der Waals surface area (Å²) in [5, 5.41) is 3.08. The molecule has 4 heterocycles. The van der Waals surface area contributed by atoms with Crippen molar-refractivity contribution in [3.8, 4) is 0 Å². The van der Waals surface area contributed by atoms with Crippen LogP contribution in [0.3, 0.4) is 0 Å². The van der Waals surface area contributed by atoms with Crippen molar-refractivity contribution in [2.75, 3.05) is 13.2 Å². The maximum absolute atomic E-state index is 12.4. The highest BCUT2D eigenvalue weighted by molar-refractivity contribution is 5.92. The third-order valence-electron chi connectivity index (χ3n) is 4.90. The number of aromatic nitrogens is 2. The smallest absolute Gasteiger partial charge is 0.271 e. The largest absolute Gasteiger partial charge is 0.465 e. The van der Waals surface area contributed by atoms with Gasteiger partial charge in [0.1, 0.15) is 17.2 Å². The second-order valence-corrected chi connectivity index (χ2v) is 6.66. The number of carbonyl (C=O) groups is 1. The van der Waals surface area contributed by atoms with Gasteiger partial charge in [0.05, 0.1) is 24.9 Å². The summed E-state index contributed by atoms with van der Waals surface area (Å²) < 4.78 is 11.7. The standard InChI is InChI=1S/C18H22N4O3/c1-12-4-5-13(25-12)10-22-11-15(17-16(22)3-2-8-24-17)21-18(23)14-9-19-6-7-20-14/h4-7,9,15-17H,2-3,8,10-11H2,1H3,(H,21,23)/t15-,16-,17-/m1/s1. The van der Waals surface area contributed by atoms with Crippen molar-refractivity contribution in [1.82, 2.24) is 20.2 Å². The molecule has 2 saturated heterocycles. The molecule has 2 fully saturated rings. The Morgan fingerprint density at radius 2 is 2.32 bits per heavy atom. The molecule has 7 nitrogen and oxygen atoms in total. The van der Waals surface area contributed by atoms with Gasteiger partial charge in [-0.2, -0.15) is 0 Å². The van der Waals surface area contributed by atoms with Crippen LogP contribution in [0.15, 0.2) is 35.1 Å². The van der Waals surface area contributed by atoms with E-state index in [4.69, 9.17) is 9.15 Å². The predicted octanol–water partition coefficient (Wildman–Crippen LogP) is 1.54. The summed E-state index contributed by atoms with van der Waals surface area (Å²) in [5.74, 6) is 1.66. The lowest BCUT2D eigenvalue weighted by molar-refractivity contribution is -0.0219. The number of hydrogen-bond acceptors (Lipinski definition) is 6. The zero-order valence-corrected chi connectivity index (χ0v) is 14.2. The van der Waals surface area contributed by atoms with Crippen LogP contribution in [0, 0.1) is 6.92 Å². The van der Waals surface area contributed by atoms with E-state index in [0.717, 1.165) is 44.1 Å². The molecule has 0 saturated carbocycles. The lowest BCUT2D eigenvalue weighted by Crippen LogP contribution is -2.47. The van der Waals surface area contributed by atoms with Crippen LogP contribution in [0.1, 0.15) is 34.9 Å².